The first-order chi connectivity index (χ1) is 28.0. The van der Waals surface area contributed by atoms with Crippen LogP contribution in [0.25, 0.3) is 56.0 Å². The highest BCUT2D eigenvalue weighted by Crippen LogP contribution is 2.40. The number of oxime groups is 1. The molecule has 0 aliphatic rings. The van der Waals surface area contributed by atoms with Gasteiger partial charge >= 0.3 is 12.4 Å². The van der Waals surface area contributed by atoms with Crippen molar-refractivity contribution in [3.63, 3.8) is 0 Å². The average molecular weight is 809 g/mol. The van der Waals surface area contributed by atoms with Crippen LogP contribution in [0, 0.1) is 13.8 Å². The van der Waals surface area contributed by atoms with E-state index in [2.05, 4.69) is 35.3 Å². The lowest BCUT2D eigenvalue weighted by Gasteiger charge is -2.13. The second-order valence-electron chi connectivity index (χ2n) is 13.6. The second kappa shape index (κ2) is 15.7. The van der Waals surface area contributed by atoms with E-state index in [0.717, 1.165) is 23.5 Å². The zero-order valence-electron chi connectivity index (χ0n) is 31.8. The quantitative estimate of drug-likeness (QED) is 0.0731. The lowest BCUT2D eigenvalue weighted by molar-refractivity contribution is -0.137. The molecule has 2 aromatic carbocycles. The van der Waals surface area contributed by atoms with Crippen LogP contribution in [0.5, 0.6) is 0 Å². The van der Waals surface area contributed by atoms with Crippen LogP contribution < -0.4 is 5.73 Å². The SMILES string of the molecule is C/C(=N/O)c1cccc(-c2cc(C(F)(F)F)c3cnn(-c4cccc(C)n4)c3c2)n1.Cc1cccc(-n2ncc3c(C(F)(F)F)cc(-c4cccc(C(C)N)n4)cc32)n1. The first-order valence-electron chi connectivity index (χ1n) is 18.0. The Morgan fingerprint density at radius 1 is 0.644 bits per heavy atom. The smallest absolute Gasteiger partial charge is 0.411 e. The Bertz CT molecular complexity index is 2860. The predicted molar refractivity (Wildman–Crippen MR) is 210 cm³/mol. The highest BCUT2D eigenvalue weighted by molar-refractivity contribution is 5.97. The molecule has 0 radical (unpaired) electrons. The molecule has 0 saturated carbocycles. The van der Waals surface area contributed by atoms with Gasteiger partial charge in [-0.2, -0.15) is 36.5 Å². The lowest BCUT2D eigenvalue weighted by atomic mass is 10.0. The van der Waals surface area contributed by atoms with Crippen LogP contribution in [0.2, 0.25) is 0 Å². The number of aromatic nitrogens is 8. The fourth-order valence-electron chi connectivity index (χ4n) is 6.39. The number of benzene rings is 2. The van der Waals surface area contributed by atoms with Crippen LogP contribution in [0.15, 0.2) is 115 Å². The number of halogens is 6. The fourth-order valence-corrected chi connectivity index (χ4v) is 6.39. The van der Waals surface area contributed by atoms with Crippen LogP contribution in [0.4, 0.5) is 26.3 Å². The summed E-state index contributed by atoms with van der Waals surface area (Å²) in [5, 5.41) is 20.4. The number of alkyl halides is 6. The van der Waals surface area contributed by atoms with Gasteiger partial charge in [0.2, 0.25) is 0 Å². The molecule has 300 valence electrons. The van der Waals surface area contributed by atoms with Crippen molar-refractivity contribution in [1.82, 2.24) is 39.5 Å². The molecule has 1 atom stereocenters. The van der Waals surface area contributed by atoms with Crippen molar-refractivity contribution in [1.29, 1.82) is 0 Å². The van der Waals surface area contributed by atoms with Gasteiger partial charge in [0.15, 0.2) is 11.6 Å². The Hall–Kier alpha value is -7.01. The molecule has 17 heteroatoms. The molecule has 3 N–H and O–H groups in total. The molecule has 8 aromatic rings. The van der Waals surface area contributed by atoms with E-state index in [1.807, 2.05) is 13.0 Å². The minimum absolute atomic E-state index is 0.00732. The Morgan fingerprint density at radius 2 is 1.10 bits per heavy atom. The summed E-state index contributed by atoms with van der Waals surface area (Å²) in [6, 6.07) is 25.6. The van der Waals surface area contributed by atoms with Crippen LogP contribution >= 0.6 is 0 Å². The average Bonchev–Trinajstić information content (AvgIpc) is 3.84. The van der Waals surface area contributed by atoms with Crippen molar-refractivity contribution in [3.05, 3.63) is 143 Å². The predicted octanol–water partition coefficient (Wildman–Crippen LogP) is 9.84. The summed E-state index contributed by atoms with van der Waals surface area (Å²) in [4.78, 5) is 17.5. The largest absolute Gasteiger partial charge is 0.417 e. The summed E-state index contributed by atoms with van der Waals surface area (Å²) < 4.78 is 85.7. The van der Waals surface area contributed by atoms with Crippen molar-refractivity contribution in [2.45, 2.75) is 46.1 Å². The number of hydrogen-bond acceptors (Lipinski definition) is 9. The number of hydrogen-bond donors (Lipinski definition) is 2. The normalized spacial score (nSPS) is 12.8. The van der Waals surface area contributed by atoms with Crippen molar-refractivity contribution >= 4 is 27.5 Å². The highest BCUT2D eigenvalue weighted by Gasteiger charge is 2.35. The maximum Gasteiger partial charge on any atom is 0.417 e. The van der Waals surface area contributed by atoms with Gasteiger partial charge in [-0.15, -0.1) is 0 Å². The Morgan fingerprint density at radius 3 is 1.54 bits per heavy atom. The minimum Gasteiger partial charge on any atom is -0.411 e. The standard InChI is InChI=1S/C21H16F3N5O.C21H18F3N5/c1-12-5-3-8-20(26-12)29-19-10-14(9-16(21(22,23)24)15(19)11-25-29)18-7-4-6-17(27-18)13(2)28-30;1-12-5-3-8-20(27-12)29-19-10-14(18-7-4-6-17(28-18)13(2)25)9-16(21(22,23)24)15(19)11-26-29/h3-11,30H,1-2H3;3-11,13H,25H2,1-2H3/b28-13-;. The molecule has 11 nitrogen and oxygen atoms in total. The molecule has 0 amide bonds. The van der Waals surface area contributed by atoms with Crippen molar-refractivity contribution < 1.29 is 31.5 Å². The van der Waals surface area contributed by atoms with E-state index in [9.17, 15) is 26.3 Å². The molecule has 0 aliphatic carbocycles. The van der Waals surface area contributed by atoms with Gasteiger partial charge in [-0.3, -0.25) is 4.98 Å². The monoisotopic (exact) mass is 808 g/mol. The van der Waals surface area contributed by atoms with Crippen LogP contribution in [-0.4, -0.2) is 50.4 Å². The van der Waals surface area contributed by atoms with Crippen LogP contribution in [-0.2, 0) is 12.4 Å². The van der Waals surface area contributed by atoms with E-state index in [0.29, 0.717) is 45.5 Å². The molecular weight excluding hydrogens is 775 g/mol. The zero-order valence-corrected chi connectivity index (χ0v) is 31.8. The molecule has 8 rings (SSSR count). The molecule has 6 heterocycles. The Balaban J connectivity index is 0.000000179. The summed E-state index contributed by atoms with van der Waals surface area (Å²) in [6.45, 7) is 6.93. The van der Waals surface area contributed by atoms with E-state index >= 15 is 0 Å². The summed E-state index contributed by atoms with van der Waals surface area (Å²) in [6.07, 6.45) is -6.71. The maximum atomic E-state index is 13.8. The zero-order chi connectivity index (χ0) is 42.2. The van der Waals surface area contributed by atoms with E-state index in [-0.39, 0.29) is 33.6 Å². The molecule has 0 aliphatic heterocycles. The second-order valence-corrected chi connectivity index (χ2v) is 13.6. The highest BCUT2D eigenvalue weighted by atomic mass is 19.4. The Labute approximate surface area is 332 Å². The Kier molecular flexibility index (Phi) is 10.7. The molecule has 0 saturated heterocycles. The van der Waals surface area contributed by atoms with Gasteiger partial charge in [-0.1, -0.05) is 29.4 Å². The van der Waals surface area contributed by atoms with E-state index in [1.54, 1.807) is 99.6 Å². The molecule has 0 bridgehead atoms. The van der Waals surface area contributed by atoms with Gasteiger partial charge in [-0.05, 0) is 100 Å². The number of rotatable bonds is 6. The summed E-state index contributed by atoms with van der Waals surface area (Å²) in [5.41, 5.74) is 8.87. The summed E-state index contributed by atoms with van der Waals surface area (Å²) in [5.74, 6) is 0.864. The van der Waals surface area contributed by atoms with Gasteiger partial charge in [0.05, 0.1) is 57.3 Å². The number of pyridine rings is 4. The van der Waals surface area contributed by atoms with Crippen LogP contribution in [0.1, 0.15) is 53.8 Å². The van der Waals surface area contributed by atoms with Crippen molar-refractivity contribution in [2.24, 2.45) is 10.9 Å². The van der Waals surface area contributed by atoms with Gasteiger partial charge in [-0.25, -0.2) is 24.3 Å². The topological polar surface area (TPSA) is 146 Å². The molecular formula is C42H34F6N10O. The molecule has 1 unspecified atom stereocenters. The minimum atomic E-state index is -4.58. The molecule has 59 heavy (non-hydrogen) atoms. The molecule has 0 fully saturated rings. The third-order valence-corrected chi connectivity index (χ3v) is 9.27. The first kappa shape index (κ1) is 40.2. The first-order valence-corrected chi connectivity index (χ1v) is 18.0. The van der Waals surface area contributed by atoms with Gasteiger partial charge in [0, 0.05) is 39.3 Å². The van der Waals surface area contributed by atoms with E-state index < -0.39 is 23.5 Å². The third-order valence-electron chi connectivity index (χ3n) is 9.27. The molecule has 0 spiro atoms. The van der Waals surface area contributed by atoms with Crippen LogP contribution in [0.3, 0.4) is 0 Å². The summed E-state index contributed by atoms with van der Waals surface area (Å²) in [7, 11) is 0. The number of nitrogens with two attached hydrogens (primary N) is 1. The number of nitrogens with zero attached hydrogens (tertiary/aromatic N) is 9. The van der Waals surface area contributed by atoms with E-state index in [1.165, 1.54) is 21.8 Å². The fraction of sp³-hybridized carbons (Fsp3) is 0.167. The number of aryl methyl sites for hydroxylation is 2. The third kappa shape index (κ3) is 8.36. The van der Waals surface area contributed by atoms with Crippen molar-refractivity contribution in [3.8, 4) is 34.2 Å². The maximum absolute atomic E-state index is 13.8. The van der Waals surface area contributed by atoms with E-state index in [4.69, 9.17) is 10.9 Å². The summed E-state index contributed by atoms with van der Waals surface area (Å²) >= 11 is 0. The molecule has 6 aromatic heterocycles. The van der Waals surface area contributed by atoms with Gasteiger partial charge in [0.25, 0.3) is 0 Å². The van der Waals surface area contributed by atoms with Gasteiger partial charge in [0.1, 0.15) is 5.71 Å². The van der Waals surface area contributed by atoms with Gasteiger partial charge < -0.3 is 10.9 Å². The number of fused-ring (bicyclic) bond motifs is 2. The van der Waals surface area contributed by atoms with Crippen molar-refractivity contribution in [2.75, 3.05) is 0 Å². The lowest BCUT2D eigenvalue weighted by Crippen LogP contribution is -2.08.